The second kappa shape index (κ2) is 4.01. The van der Waals surface area contributed by atoms with E-state index in [2.05, 4.69) is 44.0 Å². The number of fused-ring (bicyclic) bond motifs is 1. The van der Waals surface area contributed by atoms with E-state index in [9.17, 15) is 0 Å². The second-order valence-corrected chi connectivity index (χ2v) is 4.22. The van der Waals surface area contributed by atoms with Gasteiger partial charge in [0.15, 0.2) is 0 Å². The standard InChI is InChI=1S/C14H17N/c1-4-11-9-15-13-8-6-5-7-12(13)14(11)10(2)3/h5-10H,4H2,1-3H3. The van der Waals surface area contributed by atoms with Crippen LogP contribution >= 0.6 is 0 Å². The van der Waals surface area contributed by atoms with Gasteiger partial charge in [-0.15, -0.1) is 0 Å². The Kier molecular flexibility index (Phi) is 2.72. The molecule has 0 amide bonds. The Hall–Kier alpha value is -1.37. The molecule has 2 aromatic rings. The number of aryl methyl sites for hydroxylation is 1. The van der Waals surface area contributed by atoms with Gasteiger partial charge in [0.1, 0.15) is 0 Å². The first kappa shape index (κ1) is 10.2. The fourth-order valence-electron chi connectivity index (χ4n) is 2.17. The third-order valence-corrected chi connectivity index (χ3v) is 2.86. The van der Waals surface area contributed by atoms with Crippen molar-refractivity contribution in [3.8, 4) is 0 Å². The Bertz CT molecular complexity index is 472. The van der Waals surface area contributed by atoms with E-state index in [4.69, 9.17) is 0 Å². The number of para-hydroxylation sites is 1. The van der Waals surface area contributed by atoms with E-state index in [0.29, 0.717) is 5.92 Å². The summed E-state index contributed by atoms with van der Waals surface area (Å²) in [7, 11) is 0. The third kappa shape index (κ3) is 1.74. The van der Waals surface area contributed by atoms with Crippen LogP contribution in [-0.4, -0.2) is 4.98 Å². The van der Waals surface area contributed by atoms with Crippen molar-refractivity contribution in [1.82, 2.24) is 4.98 Å². The molecule has 0 atom stereocenters. The Labute approximate surface area is 91.2 Å². The van der Waals surface area contributed by atoms with Crippen molar-refractivity contribution in [2.24, 2.45) is 0 Å². The van der Waals surface area contributed by atoms with Crippen LogP contribution in [0.5, 0.6) is 0 Å². The topological polar surface area (TPSA) is 12.9 Å². The summed E-state index contributed by atoms with van der Waals surface area (Å²) >= 11 is 0. The van der Waals surface area contributed by atoms with Crippen LogP contribution in [0.4, 0.5) is 0 Å². The molecule has 0 saturated carbocycles. The van der Waals surface area contributed by atoms with Gasteiger partial charge in [-0.3, -0.25) is 4.98 Å². The van der Waals surface area contributed by atoms with Gasteiger partial charge in [0, 0.05) is 11.6 Å². The third-order valence-electron chi connectivity index (χ3n) is 2.86. The minimum atomic E-state index is 0.563. The van der Waals surface area contributed by atoms with E-state index in [1.54, 1.807) is 0 Å². The number of aromatic nitrogens is 1. The number of hydrogen-bond acceptors (Lipinski definition) is 1. The first-order chi connectivity index (χ1) is 7.24. The van der Waals surface area contributed by atoms with Crippen molar-refractivity contribution in [3.63, 3.8) is 0 Å². The van der Waals surface area contributed by atoms with Gasteiger partial charge in [0.2, 0.25) is 0 Å². The predicted molar refractivity (Wildman–Crippen MR) is 65.2 cm³/mol. The summed E-state index contributed by atoms with van der Waals surface area (Å²) in [6.45, 7) is 6.69. The highest BCUT2D eigenvalue weighted by Crippen LogP contribution is 2.27. The smallest absolute Gasteiger partial charge is 0.0705 e. The second-order valence-electron chi connectivity index (χ2n) is 4.22. The molecular formula is C14H17N. The quantitative estimate of drug-likeness (QED) is 0.714. The minimum absolute atomic E-state index is 0.563. The molecule has 0 radical (unpaired) electrons. The van der Waals surface area contributed by atoms with Crippen LogP contribution in [0.2, 0.25) is 0 Å². The summed E-state index contributed by atoms with van der Waals surface area (Å²) < 4.78 is 0. The van der Waals surface area contributed by atoms with E-state index >= 15 is 0 Å². The molecule has 0 aliphatic carbocycles. The molecule has 1 aromatic carbocycles. The molecule has 0 saturated heterocycles. The molecule has 1 heterocycles. The van der Waals surface area contributed by atoms with Crippen molar-refractivity contribution in [1.29, 1.82) is 0 Å². The predicted octanol–water partition coefficient (Wildman–Crippen LogP) is 3.92. The number of benzene rings is 1. The average Bonchev–Trinajstić information content (AvgIpc) is 2.27. The molecule has 1 nitrogen and oxygen atoms in total. The fraction of sp³-hybridized carbons (Fsp3) is 0.357. The van der Waals surface area contributed by atoms with Crippen molar-refractivity contribution in [2.45, 2.75) is 33.1 Å². The summed E-state index contributed by atoms with van der Waals surface area (Å²) in [5.74, 6) is 0.563. The van der Waals surface area contributed by atoms with Crippen LogP contribution in [0.3, 0.4) is 0 Å². The van der Waals surface area contributed by atoms with Crippen molar-refractivity contribution >= 4 is 10.9 Å². The maximum absolute atomic E-state index is 4.50. The highest BCUT2D eigenvalue weighted by molar-refractivity contribution is 5.83. The highest BCUT2D eigenvalue weighted by atomic mass is 14.7. The van der Waals surface area contributed by atoms with Crippen molar-refractivity contribution < 1.29 is 0 Å². The monoisotopic (exact) mass is 199 g/mol. The molecule has 0 N–H and O–H groups in total. The Balaban J connectivity index is 2.79. The largest absolute Gasteiger partial charge is 0.256 e. The number of rotatable bonds is 2. The lowest BCUT2D eigenvalue weighted by Gasteiger charge is -2.14. The Morgan fingerprint density at radius 2 is 1.93 bits per heavy atom. The van der Waals surface area contributed by atoms with Crippen LogP contribution in [0, 0.1) is 0 Å². The van der Waals surface area contributed by atoms with Gasteiger partial charge in [-0.1, -0.05) is 39.0 Å². The minimum Gasteiger partial charge on any atom is -0.256 e. The molecule has 1 aromatic heterocycles. The van der Waals surface area contributed by atoms with Crippen molar-refractivity contribution in [2.75, 3.05) is 0 Å². The Morgan fingerprint density at radius 3 is 2.60 bits per heavy atom. The number of pyridine rings is 1. The van der Waals surface area contributed by atoms with Crippen LogP contribution in [0.25, 0.3) is 10.9 Å². The summed E-state index contributed by atoms with van der Waals surface area (Å²) in [6, 6.07) is 8.40. The van der Waals surface area contributed by atoms with Gasteiger partial charge in [-0.2, -0.15) is 0 Å². The summed E-state index contributed by atoms with van der Waals surface area (Å²) in [4.78, 5) is 4.50. The van der Waals surface area contributed by atoms with Gasteiger partial charge >= 0.3 is 0 Å². The maximum Gasteiger partial charge on any atom is 0.0705 e. The number of nitrogens with zero attached hydrogens (tertiary/aromatic N) is 1. The fourth-order valence-corrected chi connectivity index (χ4v) is 2.17. The molecule has 0 aliphatic rings. The first-order valence-corrected chi connectivity index (χ1v) is 5.60. The summed E-state index contributed by atoms with van der Waals surface area (Å²) in [5, 5.41) is 1.31. The zero-order valence-electron chi connectivity index (χ0n) is 9.62. The van der Waals surface area contributed by atoms with Crippen LogP contribution < -0.4 is 0 Å². The van der Waals surface area contributed by atoms with Gasteiger partial charge < -0.3 is 0 Å². The average molecular weight is 199 g/mol. The molecule has 0 fully saturated rings. The van der Waals surface area contributed by atoms with E-state index in [1.165, 1.54) is 16.5 Å². The van der Waals surface area contributed by atoms with Crippen LogP contribution in [0.15, 0.2) is 30.5 Å². The molecule has 0 bridgehead atoms. The molecule has 2 rings (SSSR count). The summed E-state index contributed by atoms with van der Waals surface area (Å²) in [5.41, 5.74) is 3.95. The lowest BCUT2D eigenvalue weighted by molar-refractivity contribution is 0.851. The lowest BCUT2D eigenvalue weighted by atomic mass is 9.93. The molecule has 78 valence electrons. The first-order valence-electron chi connectivity index (χ1n) is 5.60. The van der Waals surface area contributed by atoms with E-state index in [0.717, 1.165) is 11.9 Å². The van der Waals surface area contributed by atoms with Gasteiger partial charge in [0.05, 0.1) is 5.52 Å². The van der Waals surface area contributed by atoms with E-state index in [-0.39, 0.29) is 0 Å². The maximum atomic E-state index is 4.50. The van der Waals surface area contributed by atoms with E-state index in [1.807, 2.05) is 12.3 Å². The molecule has 1 heteroatoms. The molecular weight excluding hydrogens is 182 g/mol. The zero-order chi connectivity index (χ0) is 10.8. The Morgan fingerprint density at radius 1 is 1.20 bits per heavy atom. The molecule has 0 aliphatic heterocycles. The molecule has 0 unspecified atom stereocenters. The zero-order valence-corrected chi connectivity index (χ0v) is 9.62. The number of hydrogen-bond donors (Lipinski definition) is 0. The van der Waals surface area contributed by atoms with Gasteiger partial charge in [0.25, 0.3) is 0 Å². The highest BCUT2D eigenvalue weighted by Gasteiger charge is 2.10. The molecule has 15 heavy (non-hydrogen) atoms. The van der Waals surface area contributed by atoms with Crippen LogP contribution in [-0.2, 0) is 6.42 Å². The lowest BCUT2D eigenvalue weighted by Crippen LogP contribution is -1.98. The van der Waals surface area contributed by atoms with Crippen LogP contribution in [0.1, 0.15) is 37.8 Å². The normalized spacial score (nSPS) is 11.2. The summed E-state index contributed by atoms with van der Waals surface area (Å²) in [6.07, 6.45) is 3.09. The van der Waals surface area contributed by atoms with Crippen molar-refractivity contribution in [3.05, 3.63) is 41.6 Å². The van der Waals surface area contributed by atoms with Gasteiger partial charge in [-0.25, -0.2) is 0 Å². The van der Waals surface area contributed by atoms with Gasteiger partial charge in [-0.05, 0) is 29.5 Å². The van der Waals surface area contributed by atoms with E-state index < -0.39 is 0 Å². The SMILES string of the molecule is CCc1cnc2ccccc2c1C(C)C. The molecule has 0 spiro atoms.